The highest BCUT2D eigenvalue weighted by Gasteiger charge is 2.32. The number of nitriles is 1. The number of rotatable bonds is 5. The van der Waals surface area contributed by atoms with E-state index in [9.17, 15) is 23.2 Å². The molecule has 0 saturated carbocycles. The van der Waals surface area contributed by atoms with Crippen LogP contribution < -0.4 is 4.74 Å². The fraction of sp³-hybridized carbons (Fsp3) is 0.333. The van der Waals surface area contributed by atoms with Gasteiger partial charge in [-0.25, -0.2) is 0 Å². The van der Waals surface area contributed by atoms with E-state index in [1.807, 2.05) is 39.0 Å². The standard InChI is InChI=1S/C27H23F3N4O4/c1-26(2,3)37-23(35)13-20-8-7-19-11-15-4-5-16(12-21(15)34(19)20)24-32-25(38-33-24)17-6-9-22(18(10-17)14-31)36-27(28,29)30/h4-6,9-12,20H,7-8,13H2,1-3H3. The molecule has 0 bridgehead atoms. The zero-order valence-electron chi connectivity index (χ0n) is 20.8. The Kier molecular flexibility index (Phi) is 6.13. The quantitative estimate of drug-likeness (QED) is 0.280. The molecule has 11 heteroatoms. The molecule has 1 aliphatic rings. The Hall–Kier alpha value is -4.33. The lowest BCUT2D eigenvalue weighted by Gasteiger charge is -2.22. The van der Waals surface area contributed by atoms with Gasteiger partial charge in [-0.2, -0.15) is 10.2 Å². The minimum atomic E-state index is -4.92. The molecule has 196 valence electrons. The number of halogens is 3. The topological polar surface area (TPSA) is 103 Å². The smallest absolute Gasteiger partial charge is 0.460 e. The summed E-state index contributed by atoms with van der Waals surface area (Å²) in [5, 5.41) is 14.3. The second-order valence-corrected chi connectivity index (χ2v) is 10.1. The number of carbonyl (C=O) groups excluding carboxylic acids is 1. The zero-order valence-corrected chi connectivity index (χ0v) is 20.8. The molecule has 5 rings (SSSR count). The summed E-state index contributed by atoms with van der Waals surface area (Å²) in [7, 11) is 0. The average Bonchev–Trinajstić information content (AvgIpc) is 3.53. The fourth-order valence-electron chi connectivity index (χ4n) is 4.68. The summed E-state index contributed by atoms with van der Waals surface area (Å²) in [6, 6.07) is 13.0. The summed E-state index contributed by atoms with van der Waals surface area (Å²) >= 11 is 0. The normalized spacial score (nSPS) is 15.3. The van der Waals surface area contributed by atoms with E-state index in [1.165, 1.54) is 12.1 Å². The van der Waals surface area contributed by atoms with E-state index in [2.05, 4.69) is 25.5 Å². The Morgan fingerprint density at radius 3 is 2.63 bits per heavy atom. The molecular formula is C27H23F3N4O4. The molecule has 38 heavy (non-hydrogen) atoms. The van der Waals surface area contributed by atoms with E-state index in [4.69, 9.17) is 9.26 Å². The Balaban J connectivity index is 1.43. The van der Waals surface area contributed by atoms with Crippen LogP contribution in [-0.4, -0.2) is 32.6 Å². The van der Waals surface area contributed by atoms with E-state index >= 15 is 0 Å². The van der Waals surface area contributed by atoms with Crippen LogP contribution in [0.3, 0.4) is 0 Å². The fourth-order valence-corrected chi connectivity index (χ4v) is 4.68. The number of fused-ring (bicyclic) bond motifs is 3. The predicted octanol–water partition coefficient (Wildman–Crippen LogP) is 6.35. The molecule has 0 amide bonds. The molecule has 3 heterocycles. The van der Waals surface area contributed by atoms with Gasteiger partial charge in [-0.1, -0.05) is 17.3 Å². The largest absolute Gasteiger partial charge is 0.573 e. The van der Waals surface area contributed by atoms with Gasteiger partial charge in [-0.15, -0.1) is 13.2 Å². The molecule has 0 N–H and O–H groups in total. The van der Waals surface area contributed by atoms with Crippen LogP contribution in [0.15, 0.2) is 47.0 Å². The highest BCUT2D eigenvalue weighted by molar-refractivity contribution is 5.86. The number of nitrogens with zero attached hydrogens (tertiary/aromatic N) is 4. The molecule has 2 aromatic carbocycles. The summed E-state index contributed by atoms with van der Waals surface area (Å²) in [4.78, 5) is 16.9. The molecule has 1 unspecified atom stereocenters. The maximum absolute atomic E-state index is 12.6. The first-order valence-electron chi connectivity index (χ1n) is 11.9. The van der Waals surface area contributed by atoms with Gasteiger partial charge in [0.25, 0.3) is 5.89 Å². The van der Waals surface area contributed by atoms with Crippen molar-refractivity contribution in [2.75, 3.05) is 0 Å². The first-order valence-corrected chi connectivity index (χ1v) is 11.9. The van der Waals surface area contributed by atoms with E-state index in [0.717, 1.165) is 35.5 Å². The third-order valence-corrected chi connectivity index (χ3v) is 6.10. The Morgan fingerprint density at radius 1 is 1.16 bits per heavy atom. The highest BCUT2D eigenvalue weighted by atomic mass is 19.4. The number of carbonyl (C=O) groups is 1. The van der Waals surface area contributed by atoms with Crippen LogP contribution in [0, 0.1) is 11.3 Å². The van der Waals surface area contributed by atoms with Crippen molar-refractivity contribution in [3.63, 3.8) is 0 Å². The molecular weight excluding hydrogens is 501 g/mol. The second kappa shape index (κ2) is 9.20. The van der Waals surface area contributed by atoms with E-state index in [-0.39, 0.29) is 41.3 Å². The number of ether oxygens (including phenoxy) is 2. The van der Waals surface area contributed by atoms with Crippen LogP contribution in [-0.2, 0) is 16.0 Å². The van der Waals surface area contributed by atoms with Crippen molar-refractivity contribution in [2.45, 2.75) is 58.0 Å². The second-order valence-electron chi connectivity index (χ2n) is 10.1. The molecule has 0 aliphatic carbocycles. The lowest BCUT2D eigenvalue weighted by Crippen LogP contribution is -2.25. The van der Waals surface area contributed by atoms with Crippen molar-refractivity contribution in [1.29, 1.82) is 5.26 Å². The monoisotopic (exact) mass is 524 g/mol. The molecule has 0 saturated heterocycles. The maximum atomic E-state index is 12.6. The summed E-state index contributed by atoms with van der Waals surface area (Å²) in [5.41, 5.74) is 2.12. The van der Waals surface area contributed by atoms with Crippen LogP contribution in [0.5, 0.6) is 5.75 Å². The van der Waals surface area contributed by atoms with Gasteiger partial charge in [0.1, 0.15) is 17.4 Å². The summed E-state index contributed by atoms with van der Waals surface area (Å²) in [6.45, 7) is 5.52. The molecule has 8 nitrogen and oxygen atoms in total. The van der Waals surface area contributed by atoms with Crippen molar-refractivity contribution in [3.05, 3.63) is 53.7 Å². The summed E-state index contributed by atoms with van der Waals surface area (Å²) in [5.74, 6) is -0.553. The van der Waals surface area contributed by atoms with E-state index in [1.54, 1.807) is 6.07 Å². The molecule has 0 fully saturated rings. The van der Waals surface area contributed by atoms with Crippen LogP contribution >= 0.6 is 0 Å². The van der Waals surface area contributed by atoms with Crippen LogP contribution in [0.1, 0.15) is 50.9 Å². The van der Waals surface area contributed by atoms with Crippen molar-refractivity contribution in [2.24, 2.45) is 0 Å². The van der Waals surface area contributed by atoms with E-state index in [0.29, 0.717) is 5.56 Å². The van der Waals surface area contributed by atoms with Gasteiger partial charge in [0.15, 0.2) is 0 Å². The highest BCUT2D eigenvalue weighted by Crippen LogP contribution is 2.37. The lowest BCUT2D eigenvalue weighted by atomic mass is 10.1. The van der Waals surface area contributed by atoms with Crippen LogP contribution in [0.25, 0.3) is 33.7 Å². The zero-order chi connectivity index (χ0) is 27.2. The minimum Gasteiger partial charge on any atom is -0.460 e. The lowest BCUT2D eigenvalue weighted by molar-refractivity contribution is -0.274. The van der Waals surface area contributed by atoms with Gasteiger partial charge in [0, 0.05) is 28.4 Å². The average molecular weight is 524 g/mol. The Morgan fingerprint density at radius 2 is 1.92 bits per heavy atom. The third-order valence-electron chi connectivity index (χ3n) is 6.10. The van der Waals surface area contributed by atoms with Gasteiger partial charge in [-0.3, -0.25) is 4.79 Å². The van der Waals surface area contributed by atoms with Gasteiger partial charge >= 0.3 is 12.3 Å². The molecule has 2 aromatic heterocycles. The number of aromatic nitrogens is 3. The van der Waals surface area contributed by atoms with Gasteiger partial charge in [-0.05, 0) is 69.3 Å². The number of esters is 1. The number of aryl methyl sites for hydroxylation is 1. The van der Waals surface area contributed by atoms with E-state index < -0.39 is 17.7 Å². The van der Waals surface area contributed by atoms with Gasteiger partial charge < -0.3 is 18.6 Å². The molecule has 0 spiro atoms. The van der Waals surface area contributed by atoms with Crippen molar-refractivity contribution in [3.8, 4) is 34.7 Å². The molecule has 4 aromatic rings. The van der Waals surface area contributed by atoms with Crippen LogP contribution in [0.4, 0.5) is 13.2 Å². The number of hydrogen-bond donors (Lipinski definition) is 0. The molecule has 1 aliphatic heterocycles. The summed E-state index contributed by atoms with van der Waals surface area (Å²) < 4.78 is 54.7. The third kappa shape index (κ3) is 5.20. The number of benzene rings is 2. The summed E-state index contributed by atoms with van der Waals surface area (Å²) in [6.07, 6.45) is -2.98. The first-order chi connectivity index (χ1) is 17.9. The van der Waals surface area contributed by atoms with Gasteiger partial charge in [0.05, 0.1) is 12.0 Å². The van der Waals surface area contributed by atoms with Gasteiger partial charge in [0.2, 0.25) is 5.82 Å². The van der Waals surface area contributed by atoms with Crippen molar-refractivity contribution < 1.29 is 32.0 Å². The maximum Gasteiger partial charge on any atom is 0.573 e. The minimum absolute atomic E-state index is 0.0322. The Bertz CT molecular complexity index is 1570. The SMILES string of the molecule is CC(C)(C)OC(=O)CC1CCc2cc3ccc(-c4noc(-c5ccc(OC(F)(F)F)c(C#N)c5)n4)cc3n21. The number of hydrogen-bond acceptors (Lipinski definition) is 7. The predicted molar refractivity (Wildman–Crippen MR) is 130 cm³/mol. The van der Waals surface area contributed by atoms with Crippen LogP contribution in [0.2, 0.25) is 0 Å². The van der Waals surface area contributed by atoms with Crippen molar-refractivity contribution >= 4 is 16.9 Å². The molecule has 1 atom stereocenters. The van der Waals surface area contributed by atoms with Crippen molar-refractivity contribution in [1.82, 2.24) is 14.7 Å². The molecule has 0 radical (unpaired) electrons. The number of alkyl halides is 3. The first kappa shape index (κ1) is 25.3. The Labute approximate surface area is 215 Å².